The summed E-state index contributed by atoms with van der Waals surface area (Å²) in [7, 11) is 1.82. The summed E-state index contributed by atoms with van der Waals surface area (Å²) in [6, 6.07) is 14.7. The number of thioether (sulfide) groups is 1. The second-order valence-corrected chi connectivity index (χ2v) is 7.37. The molecule has 1 heterocycles. The molecule has 0 radical (unpaired) electrons. The minimum atomic E-state index is -0.884. The largest absolute Gasteiger partial charge is 0.477 e. The molecule has 0 aliphatic heterocycles. The van der Waals surface area contributed by atoms with Gasteiger partial charge in [0, 0.05) is 35.0 Å². The normalized spacial score (nSPS) is 11.2. The number of carbonyl (C=O) groups is 1. The number of aromatic nitrogens is 1. The van der Waals surface area contributed by atoms with E-state index in [1.165, 1.54) is 10.5 Å². The Morgan fingerprint density at radius 2 is 1.92 bits per heavy atom. The monoisotopic (exact) mass is 368 g/mol. The molecule has 0 aliphatic carbocycles. The Labute approximate surface area is 158 Å². The first-order valence-electron chi connectivity index (χ1n) is 8.66. The average Bonchev–Trinajstić information content (AvgIpc) is 2.91. The van der Waals surface area contributed by atoms with Gasteiger partial charge >= 0.3 is 5.97 Å². The van der Waals surface area contributed by atoms with E-state index in [4.69, 9.17) is 0 Å². The highest BCUT2D eigenvalue weighted by atomic mass is 32.2. The number of hydrogen-bond acceptors (Lipinski definition) is 3. The predicted octanol–water partition coefficient (Wildman–Crippen LogP) is 4.24. The molecule has 0 saturated heterocycles. The lowest BCUT2D eigenvalue weighted by Crippen LogP contribution is -2.19. The van der Waals surface area contributed by atoms with Crippen LogP contribution in [0, 0.1) is 6.92 Å². The van der Waals surface area contributed by atoms with E-state index in [2.05, 4.69) is 35.8 Å². The number of nitrogens with zero attached hydrogens (tertiary/aromatic N) is 1. The number of benzene rings is 2. The van der Waals surface area contributed by atoms with Crippen LogP contribution in [-0.4, -0.2) is 28.4 Å². The summed E-state index contributed by atoms with van der Waals surface area (Å²) in [5.41, 5.74) is 4.59. The van der Waals surface area contributed by atoms with Crippen LogP contribution in [0.15, 0.2) is 47.4 Å². The summed E-state index contributed by atoms with van der Waals surface area (Å²) in [4.78, 5) is 13.0. The molecular formula is C21H24N2O2S. The number of fused-ring (bicyclic) bond motifs is 1. The van der Waals surface area contributed by atoms with Crippen molar-refractivity contribution in [1.82, 2.24) is 9.88 Å². The number of aryl methyl sites for hydroxylation is 2. The number of carboxylic acid groups (broad SMARTS) is 1. The van der Waals surface area contributed by atoms with Crippen LogP contribution in [0.1, 0.15) is 27.2 Å². The Morgan fingerprint density at radius 1 is 1.19 bits per heavy atom. The second kappa shape index (κ2) is 7.98. The van der Waals surface area contributed by atoms with Crippen LogP contribution in [0.3, 0.4) is 0 Å². The fourth-order valence-corrected chi connectivity index (χ4v) is 3.72. The molecule has 5 heteroatoms. The molecular weight excluding hydrogens is 344 g/mol. The number of hydrogen-bond donors (Lipinski definition) is 2. The van der Waals surface area contributed by atoms with Crippen molar-refractivity contribution < 1.29 is 9.90 Å². The third-order valence-corrected chi connectivity index (χ3v) is 5.46. The summed E-state index contributed by atoms with van der Waals surface area (Å²) in [5, 5.41) is 14.1. The van der Waals surface area contributed by atoms with Gasteiger partial charge in [0.05, 0.1) is 0 Å². The van der Waals surface area contributed by atoms with Gasteiger partial charge in [0.15, 0.2) is 0 Å². The van der Waals surface area contributed by atoms with Crippen LogP contribution in [0.5, 0.6) is 0 Å². The smallest absolute Gasteiger partial charge is 0.352 e. The highest BCUT2D eigenvalue weighted by Crippen LogP contribution is 2.26. The molecule has 0 amide bonds. The molecule has 0 atom stereocenters. The third-order valence-electron chi connectivity index (χ3n) is 4.71. The SMILES string of the molecule is CSc1ccc(CCNCc2c(C(=O)O)n(C)c3cc(C)ccc23)cc1. The molecule has 2 aromatic carbocycles. The summed E-state index contributed by atoms with van der Waals surface area (Å²) in [5.74, 6) is -0.884. The van der Waals surface area contributed by atoms with Crippen molar-refractivity contribution in [3.8, 4) is 0 Å². The Hall–Kier alpha value is -2.24. The van der Waals surface area contributed by atoms with E-state index in [1.807, 2.05) is 32.2 Å². The Kier molecular flexibility index (Phi) is 5.69. The fraction of sp³-hybridized carbons (Fsp3) is 0.286. The lowest BCUT2D eigenvalue weighted by Gasteiger charge is -2.07. The molecule has 136 valence electrons. The van der Waals surface area contributed by atoms with E-state index < -0.39 is 5.97 Å². The molecule has 0 fully saturated rings. The van der Waals surface area contributed by atoms with Gasteiger partial charge in [-0.2, -0.15) is 0 Å². The fourth-order valence-electron chi connectivity index (χ4n) is 3.31. The Balaban J connectivity index is 1.73. The molecule has 4 nitrogen and oxygen atoms in total. The molecule has 1 aromatic heterocycles. The van der Waals surface area contributed by atoms with Gasteiger partial charge in [-0.05, 0) is 55.5 Å². The van der Waals surface area contributed by atoms with E-state index in [-0.39, 0.29) is 0 Å². The second-order valence-electron chi connectivity index (χ2n) is 6.49. The average molecular weight is 369 g/mol. The quantitative estimate of drug-likeness (QED) is 0.484. The molecule has 3 rings (SSSR count). The molecule has 0 aliphatic rings. The first kappa shape index (κ1) is 18.5. The van der Waals surface area contributed by atoms with Crippen molar-refractivity contribution in [2.45, 2.75) is 24.8 Å². The third kappa shape index (κ3) is 3.79. The van der Waals surface area contributed by atoms with Gasteiger partial charge in [-0.15, -0.1) is 11.8 Å². The summed E-state index contributed by atoms with van der Waals surface area (Å²) in [6.45, 7) is 3.37. The van der Waals surface area contributed by atoms with Gasteiger partial charge in [-0.1, -0.05) is 24.3 Å². The maximum atomic E-state index is 11.8. The van der Waals surface area contributed by atoms with Crippen LogP contribution in [-0.2, 0) is 20.0 Å². The van der Waals surface area contributed by atoms with Crippen molar-refractivity contribution >= 4 is 28.6 Å². The van der Waals surface area contributed by atoms with Crippen LogP contribution < -0.4 is 5.32 Å². The first-order chi connectivity index (χ1) is 12.5. The number of aromatic carboxylic acids is 1. The lowest BCUT2D eigenvalue weighted by molar-refractivity contribution is 0.0685. The standard InChI is InChI=1S/C21H24N2O2S/c1-14-4-9-17-18(20(21(24)25)23(2)19(17)12-14)13-22-11-10-15-5-7-16(26-3)8-6-15/h4-9,12,22H,10-11,13H2,1-3H3,(H,24,25). The van der Waals surface area contributed by atoms with Crippen LogP contribution in [0.2, 0.25) is 0 Å². The van der Waals surface area contributed by atoms with Gasteiger partial charge < -0.3 is 15.0 Å². The molecule has 2 N–H and O–H groups in total. The molecule has 3 aromatic rings. The minimum absolute atomic E-state index is 0.363. The molecule has 0 unspecified atom stereocenters. The van der Waals surface area contributed by atoms with Crippen molar-refractivity contribution in [2.75, 3.05) is 12.8 Å². The van der Waals surface area contributed by atoms with E-state index in [1.54, 1.807) is 16.3 Å². The summed E-state index contributed by atoms with van der Waals surface area (Å²) >= 11 is 1.74. The molecule has 0 spiro atoms. The Bertz CT molecular complexity index is 929. The zero-order valence-corrected chi connectivity index (χ0v) is 16.2. The number of rotatable bonds is 7. The molecule has 26 heavy (non-hydrogen) atoms. The van der Waals surface area contributed by atoms with Gasteiger partial charge in [-0.25, -0.2) is 4.79 Å². The van der Waals surface area contributed by atoms with Gasteiger partial charge in [0.25, 0.3) is 0 Å². The predicted molar refractivity (Wildman–Crippen MR) is 108 cm³/mol. The molecule has 0 saturated carbocycles. The van der Waals surface area contributed by atoms with Crippen molar-refractivity contribution in [3.05, 3.63) is 64.8 Å². The topological polar surface area (TPSA) is 54.3 Å². The van der Waals surface area contributed by atoms with Crippen LogP contribution in [0.4, 0.5) is 0 Å². The van der Waals surface area contributed by atoms with Crippen molar-refractivity contribution in [1.29, 1.82) is 0 Å². The van der Waals surface area contributed by atoms with E-state index in [9.17, 15) is 9.90 Å². The minimum Gasteiger partial charge on any atom is -0.477 e. The first-order valence-corrected chi connectivity index (χ1v) is 9.88. The Morgan fingerprint density at radius 3 is 2.58 bits per heavy atom. The van der Waals surface area contributed by atoms with E-state index in [0.717, 1.165) is 35.0 Å². The number of carboxylic acids is 1. The van der Waals surface area contributed by atoms with Gasteiger partial charge in [0.1, 0.15) is 5.69 Å². The van der Waals surface area contributed by atoms with Crippen molar-refractivity contribution in [3.63, 3.8) is 0 Å². The van der Waals surface area contributed by atoms with Crippen LogP contribution >= 0.6 is 11.8 Å². The van der Waals surface area contributed by atoms with E-state index in [0.29, 0.717) is 12.2 Å². The maximum Gasteiger partial charge on any atom is 0.352 e. The summed E-state index contributed by atoms with van der Waals surface area (Å²) in [6.07, 6.45) is 2.99. The number of nitrogens with one attached hydrogen (secondary N) is 1. The van der Waals surface area contributed by atoms with Gasteiger partial charge in [-0.3, -0.25) is 0 Å². The zero-order chi connectivity index (χ0) is 18.7. The highest BCUT2D eigenvalue weighted by Gasteiger charge is 2.20. The zero-order valence-electron chi connectivity index (χ0n) is 15.4. The van der Waals surface area contributed by atoms with Crippen LogP contribution in [0.25, 0.3) is 10.9 Å². The maximum absolute atomic E-state index is 11.8. The van der Waals surface area contributed by atoms with E-state index >= 15 is 0 Å². The van der Waals surface area contributed by atoms with Gasteiger partial charge in [0.2, 0.25) is 0 Å². The summed E-state index contributed by atoms with van der Waals surface area (Å²) < 4.78 is 1.78. The lowest BCUT2D eigenvalue weighted by atomic mass is 10.1. The van der Waals surface area contributed by atoms with Crippen molar-refractivity contribution in [2.24, 2.45) is 7.05 Å². The molecule has 0 bridgehead atoms. The highest BCUT2D eigenvalue weighted by molar-refractivity contribution is 7.98.